The third-order valence-electron chi connectivity index (χ3n) is 5.37. The van der Waals surface area contributed by atoms with Crippen LogP contribution in [0.5, 0.6) is 0 Å². The summed E-state index contributed by atoms with van der Waals surface area (Å²) < 4.78 is 1.79. The van der Waals surface area contributed by atoms with Crippen molar-refractivity contribution in [3.63, 3.8) is 0 Å². The number of hydrogen-bond acceptors (Lipinski definition) is 5. The van der Waals surface area contributed by atoms with Gasteiger partial charge in [0.1, 0.15) is 0 Å². The zero-order valence-electron chi connectivity index (χ0n) is 13.4. The van der Waals surface area contributed by atoms with E-state index in [4.69, 9.17) is 0 Å². The molecule has 3 aliphatic rings. The number of rotatable bonds is 5. The standard InChI is InChI=1S/C16H25N5O2/c22-12-6-7-20(9-12)15-3-1-2-13(15)17-16(23)14-10-21(19-18-14)8-11-4-5-11/h10-13,15,22H,1-9H2,(H,17,23)/t12?,13-,15+/m1/s1. The van der Waals surface area contributed by atoms with Gasteiger partial charge in [0, 0.05) is 31.7 Å². The van der Waals surface area contributed by atoms with Crippen molar-refractivity contribution in [3.05, 3.63) is 11.9 Å². The summed E-state index contributed by atoms with van der Waals surface area (Å²) in [6.45, 7) is 2.53. The molecule has 126 valence electrons. The predicted octanol–water partition coefficient (Wildman–Crippen LogP) is 0.406. The summed E-state index contributed by atoms with van der Waals surface area (Å²) in [5, 5.41) is 21.0. The summed E-state index contributed by atoms with van der Waals surface area (Å²) in [5.74, 6) is 0.595. The number of aromatic nitrogens is 3. The Balaban J connectivity index is 1.36. The number of hydrogen-bond donors (Lipinski definition) is 2. The van der Waals surface area contributed by atoms with Gasteiger partial charge in [0.25, 0.3) is 5.91 Å². The fourth-order valence-electron chi connectivity index (χ4n) is 3.91. The number of likely N-dealkylation sites (tertiary alicyclic amines) is 1. The van der Waals surface area contributed by atoms with Crippen molar-refractivity contribution in [2.45, 2.75) is 63.3 Å². The summed E-state index contributed by atoms with van der Waals surface area (Å²) in [6, 6.07) is 0.499. The Morgan fingerprint density at radius 2 is 2.17 bits per heavy atom. The summed E-state index contributed by atoms with van der Waals surface area (Å²) in [6.07, 6.45) is 8.11. The molecule has 0 radical (unpaired) electrons. The van der Waals surface area contributed by atoms with Crippen LogP contribution in [0.1, 0.15) is 49.0 Å². The lowest BCUT2D eigenvalue weighted by molar-refractivity contribution is 0.0900. The Hall–Kier alpha value is -1.47. The van der Waals surface area contributed by atoms with Crippen molar-refractivity contribution in [2.75, 3.05) is 13.1 Å². The maximum Gasteiger partial charge on any atom is 0.273 e. The molecule has 2 saturated carbocycles. The van der Waals surface area contributed by atoms with Crippen LogP contribution in [0.25, 0.3) is 0 Å². The number of β-amino-alcohol motifs (C(OH)–C–C–N with tert-alkyl or cyclic N) is 1. The van der Waals surface area contributed by atoms with E-state index in [0.717, 1.165) is 45.3 Å². The molecule has 23 heavy (non-hydrogen) atoms. The SMILES string of the molecule is O=C(N[C@@H]1CCC[C@@H]1N1CCC(O)C1)c1cn(CC2CC2)nn1. The first-order valence-electron chi connectivity index (χ1n) is 8.82. The molecule has 7 heteroatoms. The van der Waals surface area contributed by atoms with Crippen molar-refractivity contribution < 1.29 is 9.90 Å². The molecule has 1 saturated heterocycles. The van der Waals surface area contributed by atoms with Crippen molar-refractivity contribution in [2.24, 2.45) is 5.92 Å². The van der Waals surface area contributed by atoms with Crippen LogP contribution in [-0.2, 0) is 6.54 Å². The molecule has 4 rings (SSSR count). The van der Waals surface area contributed by atoms with Gasteiger partial charge in [0.2, 0.25) is 0 Å². The quantitative estimate of drug-likeness (QED) is 0.821. The normalized spacial score (nSPS) is 31.6. The van der Waals surface area contributed by atoms with Crippen LogP contribution in [0.3, 0.4) is 0 Å². The van der Waals surface area contributed by atoms with Gasteiger partial charge >= 0.3 is 0 Å². The van der Waals surface area contributed by atoms with Gasteiger partial charge in [-0.15, -0.1) is 5.10 Å². The molecule has 1 amide bonds. The number of carbonyl (C=O) groups is 1. The summed E-state index contributed by atoms with van der Waals surface area (Å²) in [5.41, 5.74) is 0.415. The van der Waals surface area contributed by atoms with E-state index in [1.54, 1.807) is 10.9 Å². The zero-order valence-corrected chi connectivity index (χ0v) is 13.4. The molecule has 1 aromatic heterocycles. The van der Waals surface area contributed by atoms with Crippen molar-refractivity contribution in [3.8, 4) is 0 Å². The maximum absolute atomic E-state index is 12.4. The highest BCUT2D eigenvalue weighted by atomic mass is 16.3. The summed E-state index contributed by atoms with van der Waals surface area (Å²) >= 11 is 0. The van der Waals surface area contributed by atoms with Gasteiger partial charge in [0.15, 0.2) is 5.69 Å². The van der Waals surface area contributed by atoms with E-state index in [1.165, 1.54) is 12.8 Å². The van der Waals surface area contributed by atoms with Crippen LogP contribution in [0, 0.1) is 5.92 Å². The van der Waals surface area contributed by atoms with E-state index in [0.29, 0.717) is 17.7 Å². The third kappa shape index (κ3) is 3.40. The van der Waals surface area contributed by atoms with Crippen molar-refractivity contribution >= 4 is 5.91 Å². The molecule has 2 N–H and O–H groups in total. The van der Waals surface area contributed by atoms with Crippen LogP contribution >= 0.6 is 0 Å². The first kappa shape index (κ1) is 15.1. The lowest BCUT2D eigenvalue weighted by atomic mass is 10.1. The molecule has 7 nitrogen and oxygen atoms in total. The Kier molecular flexibility index (Phi) is 4.07. The second-order valence-corrected chi connectivity index (χ2v) is 7.28. The molecular formula is C16H25N5O2. The molecule has 2 heterocycles. The number of aliphatic hydroxyl groups excluding tert-OH is 1. The number of aliphatic hydroxyl groups is 1. The van der Waals surface area contributed by atoms with Crippen molar-refractivity contribution in [1.82, 2.24) is 25.2 Å². The summed E-state index contributed by atoms with van der Waals surface area (Å²) in [7, 11) is 0. The largest absolute Gasteiger partial charge is 0.392 e. The molecule has 3 fully saturated rings. The van der Waals surface area contributed by atoms with Gasteiger partial charge in [0.05, 0.1) is 12.3 Å². The lowest BCUT2D eigenvalue weighted by Gasteiger charge is -2.29. The van der Waals surface area contributed by atoms with Crippen LogP contribution < -0.4 is 5.32 Å². The molecule has 0 aromatic carbocycles. The van der Waals surface area contributed by atoms with Crippen LogP contribution in [0.4, 0.5) is 0 Å². The number of nitrogens with one attached hydrogen (secondary N) is 1. The molecule has 0 bridgehead atoms. The van der Waals surface area contributed by atoms with Crippen LogP contribution in [-0.4, -0.2) is 62.2 Å². The molecule has 3 atom stereocenters. The lowest BCUT2D eigenvalue weighted by Crippen LogP contribution is -2.48. The third-order valence-corrected chi connectivity index (χ3v) is 5.37. The highest BCUT2D eigenvalue weighted by Gasteiger charge is 2.36. The minimum absolute atomic E-state index is 0.122. The highest BCUT2D eigenvalue weighted by molar-refractivity contribution is 5.92. The second-order valence-electron chi connectivity index (χ2n) is 7.28. The van der Waals surface area contributed by atoms with Crippen LogP contribution in [0.15, 0.2) is 6.20 Å². The number of carbonyl (C=O) groups excluding carboxylic acids is 1. The van der Waals surface area contributed by atoms with E-state index in [1.807, 2.05) is 0 Å². The summed E-state index contributed by atoms with van der Waals surface area (Å²) in [4.78, 5) is 14.8. The molecule has 2 aliphatic carbocycles. The topological polar surface area (TPSA) is 83.3 Å². The number of amides is 1. The van der Waals surface area contributed by atoms with Gasteiger partial charge in [-0.1, -0.05) is 5.21 Å². The maximum atomic E-state index is 12.4. The van der Waals surface area contributed by atoms with Gasteiger partial charge in [-0.3, -0.25) is 14.4 Å². The van der Waals surface area contributed by atoms with Crippen molar-refractivity contribution in [1.29, 1.82) is 0 Å². The first-order valence-corrected chi connectivity index (χ1v) is 8.82. The fraction of sp³-hybridized carbons (Fsp3) is 0.812. The average Bonchev–Trinajstić information content (AvgIpc) is 2.94. The van der Waals surface area contributed by atoms with E-state index >= 15 is 0 Å². The van der Waals surface area contributed by atoms with E-state index < -0.39 is 0 Å². The Bertz CT molecular complexity index is 571. The molecular weight excluding hydrogens is 294 g/mol. The van der Waals surface area contributed by atoms with E-state index in [2.05, 4.69) is 20.5 Å². The Morgan fingerprint density at radius 1 is 1.30 bits per heavy atom. The zero-order chi connectivity index (χ0) is 15.8. The average molecular weight is 319 g/mol. The molecule has 1 aliphatic heterocycles. The minimum Gasteiger partial charge on any atom is -0.392 e. The Labute approximate surface area is 136 Å². The predicted molar refractivity (Wildman–Crippen MR) is 83.8 cm³/mol. The van der Waals surface area contributed by atoms with Gasteiger partial charge in [-0.05, 0) is 44.4 Å². The minimum atomic E-state index is -0.214. The highest BCUT2D eigenvalue weighted by Crippen LogP contribution is 2.30. The molecule has 0 spiro atoms. The molecule has 1 aromatic rings. The number of nitrogens with zero attached hydrogens (tertiary/aromatic N) is 4. The van der Waals surface area contributed by atoms with E-state index in [-0.39, 0.29) is 18.1 Å². The van der Waals surface area contributed by atoms with Gasteiger partial charge < -0.3 is 10.4 Å². The van der Waals surface area contributed by atoms with Gasteiger partial charge in [-0.25, -0.2) is 0 Å². The first-order chi connectivity index (χ1) is 11.2. The fourth-order valence-corrected chi connectivity index (χ4v) is 3.91. The second kappa shape index (κ2) is 6.20. The van der Waals surface area contributed by atoms with Gasteiger partial charge in [-0.2, -0.15) is 0 Å². The molecule has 1 unspecified atom stereocenters. The Morgan fingerprint density at radius 3 is 2.91 bits per heavy atom. The smallest absolute Gasteiger partial charge is 0.273 e. The van der Waals surface area contributed by atoms with E-state index in [9.17, 15) is 9.90 Å². The monoisotopic (exact) mass is 319 g/mol. The van der Waals surface area contributed by atoms with Crippen LogP contribution in [0.2, 0.25) is 0 Å².